The van der Waals surface area contributed by atoms with E-state index < -0.39 is 4.92 Å². The molecular formula is C16H15ClN2O3. The van der Waals surface area contributed by atoms with Crippen molar-refractivity contribution in [3.8, 4) is 0 Å². The molecule has 6 heteroatoms. The number of amides is 1. The van der Waals surface area contributed by atoms with E-state index >= 15 is 0 Å². The highest BCUT2D eigenvalue weighted by molar-refractivity contribution is 6.30. The Morgan fingerprint density at radius 2 is 1.95 bits per heavy atom. The van der Waals surface area contributed by atoms with Gasteiger partial charge in [0.2, 0.25) is 5.91 Å². The van der Waals surface area contributed by atoms with Gasteiger partial charge in [0.05, 0.1) is 17.4 Å². The smallest absolute Gasteiger partial charge is 0.269 e. The number of halogens is 1. The molecule has 0 aliphatic rings. The number of benzene rings is 2. The van der Waals surface area contributed by atoms with Gasteiger partial charge in [-0.3, -0.25) is 14.9 Å². The van der Waals surface area contributed by atoms with E-state index in [1.54, 1.807) is 24.3 Å². The number of carbonyl (C=O) groups is 1. The molecule has 0 radical (unpaired) electrons. The van der Waals surface area contributed by atoms with Crippen molar-refractivity contribution in [2.75, 3.05) is 0 Å². The molecule has 22 heavy (non-hydrogen) atoms. The van der Waals surface area contributed by atoms with Crippen LogP contribution in [-0.2, 0) is 11.2 Å². The molecule has 5 nitrogen and oxygen atoms in total. The molecule has 0 saturated carbocycles. The van der Waals surface area contributed by atoms with Gasteiger partial charge in [-0.1, -0.05) is 35.9 Å². The molecule has 2 rings (SSSR count). The highest BCUT2D eigenvalue weighted by Crippen LogP contribution is 2.18. The van der Waals surface area contributed by atoms with Gasteiger partial charge in [-0.25, -0.2) is 0 Å². The zero-order chi connectivity index (χ0) is 16.1. The Kier molecular flexibility index (Phi) is 5.12. The molecule has 1 N–H and O–H groups in total. The van der Waals surface area contributed by atoms with Crippen LogP contribution in [0.2, 0.25) is 5.02 Å². The number of nitro groups is 1. The van der Waals surface area contributed by atoms with Gasteiger partial charge < -0.3 is 5.32 Å². The second-order valence-corrected chi connectivity index (χ2v) is 5.38. The monoisotopic (exact) mass is 318 g/mol. The lowest BCUT2D eigenvalue weighted by molar-refractivity contribution is -0.384. The summed E-state index contributed by atoms with van der Waals surface area (Å²) >= 11 is 5.93. The Balaban J connectivity index is 1.96. The molecule has 0 spiro atoms. The van der Waals surface area contributed by atoms with E-state index in [4.69, 9.17) is 11.6 Å². The molecule has 0 bridgehead atoms. The Labute approximate surface area is 133 Å². The van der Waals surface area contributed by atoms with Crippen LogP contribution in [0.5, 0.6) is 0 Å². The predicted molar refractivity (Wildman–Crippen MR) is 84.8 cm³/mol. The van der Waals surface area contributed by atoms with Gasteiger partial charge in [0.1, 0.15) is 0 Å². The molecule has 114 valence electrons. The van der Waals surface area contributed by atoms with Crippen LogP contribution in [0.25, 0.3) is 0 Å². The van der Waals surface area contributed by atoms with E-state index in [0.717, 1.165) is 11.1 Å². The summed E-state index contributed by atoms with van der Waals surface area (Å²) in [5.74, 6) is -0.152. The fourth-order valence-electron chi connectivity index (χ4n) is 2.07. The maximum absolute atomic E-state index is 12.0. The summed E-state index contributed by atoms with van der Waals surface area (Å²) in [5, 5.41) is 14.1. The lowest BCUT2D eigenvalue weighted by atomic mass is 10.1. The average Bonchev–Trinajstić information content (AvgIpc) is 2.47. The number of carbonyl (C=O) groups excluding carboxylic acids is 1. The van der Waals surface area contributed by atoms with Gasteiger partial charge >= 0.3 is 0 Å². The van der Waals surface area contributed by atoms with E-state index in [2.05, 4.69) is 5.32 Å². The van der Waals surface area contributed by atoms with E-state index in [1.165, 1.54) is 12.1 Å². The standard InChI is InChI=1S/C16H15ClN2O3/c1-11(13-3-2-4-14(17)10-13)18-16(20)9-12-5-7-15(8-6-12)19(21)22/h2-8,10-11H,9H2,1H3,(H,18,20). The third kappa shape index (κ3) is 4.30. The van der Waals surface area contributed by atoms with Crippen LogP contribution in [0.3, 0.4) is 0 Å². The second-order valence-electron chi connectivity index (χ2n) is 4.94. The summed E-state index contributed by atoms with van der Waals surface area (Å²) in [6.07, 6.45) is 0.170. The number of rotatable bonds is 5. The largest absolute Gasteiger partial charge is 0.349 e. The lowest BCUT2D eigenvalue weighted by Crippen LogP contribution is -2.28. The van der Waals surface area contributed by atoms with E-state index in [1.807, 2.05) is 19.1 Å². The minimum atomic E-state index is -0.467. The Morgan fingerprint density at radius 1 is 1.27 bits per heavy atom. The summed E-state index contributed by atoms with van der Waals surface area (Å²) in [5.41, 5.74) is 1.65. The van der Waals surface area contributed by atoms with Gasteiger partial charge in [-0.05, 0) is 30.2 Å². The number of nitrogens with one attached hydrogen (secondary N) is 1. The van der Waals surface area contributed by atoms with Crippen LogP contribution >= 0.6 is 11.6 Å². The predicted octanol–water partition coefficient (Wildman–Crippen LogP) is 3.67. The summed E-state index contributed by atoms with van der Waals surface area (Å²) in [7, 11) is 0. The fourth-order valence-corrected chi connectivity index (χ4v) is 2.27. The van der Waals surface area contributed by atoms with Gasteiger partial charge in [0.15, 0.2) is 0 Å². The van der Waals surface area contributed by atoms with Gasteiger partial charge in [0, 0.05) is 17.2 Å². The van der Waals surface area contributed by atoms with Crippen LogP contribution in [0, 0.1) is 10.1 Å². The minimum Gasteiger partial charge on any atom is -0.349 e. The molecular weight excluding hydrogens is 304 g/mol. The van der Waals surface area contributed by atoms with Gasteiger partial charge in [-0.2, -0.15) is 0 Å². The van der Waals surface area contributed by atoms with E-state index in [-0.39, 0.29) is 24.1 Å². The number of non-ortho nitro benzene ring substituents is 1. The molecule has 0 fully saturated rings. The molecule has 2 aromatic rings. The van der Waals surface area contributed by atoms with Crippen LogP contribution in [0.1, 0.15) is 24.1 Å². The van der Waals surface area contributed by atoms with Crippen molar-refractivity contribution < 1.29 is 9.72 Å². The first kappa shape index (κ1) is 16.0. The van der Waals surface area contributed by atoms with Crippen molar-refractivity contribution in [3.05, 3.63) is 74.8 Å². The van der Waals surface area contributed by atoms with Crippen molar-refractivity contribution in [3.63, 3.8) is 0 Å². The van der Waals surface area contributed by atoms with Crippen LogP contribution < -0.4 is 5.32 Å². The fraction of sp³-hybridized carbons (Fsp3) is 0.188. The zero-order valence-corrected chi connectivity index (χ0v) is 12.7. The second kappa shape index (κ2) is 7.04. The number of nitro benzene ring substituents is 1. The van der Waals surface area contributed by atoms with Crippen molar-refractivity contribution >= 4 is 23.2 Å². The lowest BCUT2D eigenvalue weighted by Gasteiger charge is -2.14. The third-order valence-electron chi connectivity index (χ3n) is 3.24. The summed E-state index contributed by atoms with van der Waals surface area (Å²) in [6.45, 7) is 1.87. The molecule has 1 atom stereocenters. The molecule has 1 amide bonds. The maximum atomic E-state index is 12.0. The molecule has 2 aromatic carbocycles. The first-order valence-electron chi connectivity index (χ1n) is 6.74. The molecule has 0 aliphatic carbocycles. The van der Waals surface area contributed by atoms with Crippen LogP contribution in [0.4, 0.5) is 5.69 Å². The van der Waals surface area contributed by atoms with Crippen LogP contribution in [-0.4, -0.2) is 10.8 Å². The minimum absolute atomic E-state index is 0.0106. The Hall–Kier alpha value is -2.40. The van der Waals surface area contributed by atoms with E-state index in [0.29, 0.717) is 5.02 Å². The van der Waals surface area contributed by atoms with Gasteiger partial charge in [0.25, 0.3) is 5.69 Å². The van der Waals surface area contributed by atoms with Crippen LogP contribution in [0.15, 0.2) is 48.5 Å². The zero-order valence-electron chi connectivity index (χ0n) is 12.0. The summed E-state index contributed by atoms with van der Waals surface area (Å²) in [6, 6.07) is 13.1. The molecule has 0 saturated heterocycles. The third-order valence-corrected chi connectivity index (χ3v) is 3.47. The quantitative estimate of drug-likeness (QED) is 0.675. The van der Waals surface area contributed by atoms with Crippen molar-refractivity contribution in [2.45, 2.75) is 19.4 Å². The van der Waals surface area contributed by atoms with E-state index in [9.17, 15) is 14.9 Å². The normalized spacial score (nSPS) is 11.7. The van der Waals surface area contributed by atoms with Crippen molar-refractivity contribution in [1.29, 1.82) is 0 Å². The Morgan fingerprint density at radius 3 is 2.55 bits per heavy atom. The number of nitrogens with zero attached hydrogens (tertiary/aromatic N) is 1. The molecule has 0 aromatic heterocycles. The van der Waals surface area contributed by atoms with Crippen molar-refractivity contribution in [1.82, 2.24) is 5.32 Å². The number of hydrogen-bond acceptors (Lipinski definition) is 3. The number of hydrogen-bond donors (Lipinski definition) is 1. The summed E-state index contributed by atoms with van der Waals surface area (Å²) in [4.78, 5) is 22.1. The van der Waals surface area contributed by atoms with Gasteiger partial charge in [-0.15, -0.1) is 0 Å². The molecule has 1 unspecified atom stereocenters. The highest BCUT2D eigenvalue weighted by atomic mass is 35.5. The topological polar surface area (TPSA) is 72.2 Å². The first-order chi connectivity index (χ1) is 10.5. The molecule has 0 heterocycles. The van der Waals surface area contributed by atoms with Crippen molar-refractivity contribution in [2.24, 2.45) is 0 Å². The maximum Gasteiger partial charge on any atom is 0.269 e. The average molecular weight is 319 g/mol. The summed E-state index contributed by atoms with van der Waals surface area (Å²) < 4.78 is 0. The SMILES string of the molecule is CC(NC(=O)Cc1ccc([N+](=O)[O-])cc1)c1cccc(Cl)c1. The Bertz CT molecular complexity index is 686. The highest BCUT2D eigenvalue weighted by Gasteiger charge is 2.11. The first-order valence-corrected chi connectivity index (χ1v) is 7.11. The molecule has 0 aliphatic heterocycles.